The van der Waals surface area contributed by atoms with Gasteiger partial charge in [-0.05, 0) is 38.0 Å². The van der Waals surface area contributed by atoms with Crippen LogP contribution < -0.4 is 4.74 Å². The van der Waals surface area contributed by atoms with Gasteiger partial charge >= 0.3 is 5.97 Å². The number of aliphatic carboxylic acids is 1. The molecule has 0 bridgehead atoms. The van der Waals surface area contributed by atoms with Crippen molar-refractivity contribution in [3.63, 3.8) is 0 Å². The lowest BCUT2D eigenvalue weighted by molar-refractivity contribution is -0.152. The average molecular weight is 269 g/mol. The molecule has 0 aromatic heterocycles. The molecule has 1 aliphatic rings. The Morgan fingerprint density at radius 1 is 1.44 bits per heavy atom. The van der Waals surface area contributed by atoms with Crippen molar-refractivity contribution in [3.8, 4) is 5.75 Å². The third kappa shape index (κ3) is 2.32. The zero-order valence-electron chi connectivity index (χ0n) is 10.7. The van der Waals surface area contributed by atoms with Crippen LogP contribution in [0.5, 0.6) is 5.75 Å². The third-order valence-corrected chi connectivity index (χ3v) is 4.17. The molecular formula is C14H17ClO3. The summed E-state index contributed by atoms with van der Waals surface area (Å²) in [6.45, 7) is 5.18. The second-order valence-corrected chi connectivity index (χ2v) is 6.06. The minimum Gasteiger partial charge on any atom is -0.478 e. The number of benzene rings is 1. The molecule has 1 saturated carbocycles. The van der Waals surface area contributed by atoms with Crippen LogP contribution in [0.3, 0.4) is 0 Å². The number of carbonyl (C=O) groups is 1. The third-order valence-electron chi connectivity index (χ3n) is 3.54. The van der Waals surface area contributed by atoms with E-state index in [1.807, 2.05) is 12.1 Å². The highest BCUT2D eigenvalue weighted by molar-refractivity contribution is 6.23. The lowest BCUT2D eigenvalue weighted by Crippen LogP contribution is -2.37. The van der Waals surface area contributed by atoms with E-state index < -0.39 is 11.6 Å². The molecule has 18 heavy (non-hydrogen) atoms. The molecule has 1 aromatic carbocycles. The van der Waals surface area contributed by atoms with Crippen molar-refractivity contribution < 1.29 is 14.6 Å². The first-order valence-corrected chi connectivity index (χ1v) is 6.36. The van der Waals surface area contributed by atoms with Gasteiger partial charge < -0.3 is 9.84 Å². The van der Waals surface area contributed by atoms with Crippen molar-refractivity contribution in [2.75, 3.05) is 0 Å². The van der Waals surface area contributed by atoms with E-state index in [1.165, 1.54) is 19.4 Å². The van der Waals surface area contributed by atoms with Gasteiger partial charge in [-0.3, -0.25) is 0 Å². The maximum atomic E-state index is 11.0. The van der Waals surface area contributed by atoms with Crippen LogP contribution in [0.15, 0.2) is 24.3 Å². The fourth-order valence-electron chi connectivity index (χ4n) is 1.85. The molecule has 2 rings (SSSR count). The van der Waals surface area contributed by atoms with Gasteiger partial charge in [-0.25, -0.2) is 4.79 Å². The molecule has 2 unspecified atom stereocenters. The van der Waals surface area contributed by atoms with Crippen LogP contribution in [0, 0.1) is 0 Å². The molecule has 1 fully saturated rings. The summed E-state index contributed by atoms with van der Waals surface area (Å²) in [5.41, 5.74) is 0.00516. The van der Waals surface area contributed by atoms with Crippen molar-refractivity contribution in [2.24, 2.45) is 0 Å². The molecule has 98 valence electrons. The Hall–Kier alpha value is -1.22. The number of carboxylic acids is 1. The first-order chi connectivity index (χ1) is 8.25. The molecule has 1 aromatic rings. The topological polar surface area (TPSA) is 46.5 Å². The predicted octanol–water partition coefficient (Wildman–Crippen LogP) is 3.20. The molecule has 0 radical (unpaired) electrons. The zero-order valence-corrected chi connectivity index (χ0v) is 11.5. The van der Waals surface area contributed by atoms with Crippen LogP contribution in [0.1, 0.15) is 32.8 Å². The normalized spacial score (nSPS) is 26.8. The summed E-state index contributed by atoms with van der Waals surface area (Å²) in [6.07, 6.45) is 0.982. The molecule has 3 nitrogen and oxygen atoms in total. The minimum atomic E-state index is -1.22. The highest BCUT2D eigenvalue weighted by atomic mass is 35.5. The second-order valence-electron chi connectivity index (χ2n) is 5.53. The fourth-order valence-corrected chi connectivity index (χ4v) is 2.30. The molecular weight excluding hydrogens is 252 g/mol. The number of rotatable bonds is 4. The first-order valence-electron chi connectivity index (χ1n) is 5.93. The number of halogens is 1. The maximum Gasteiger partial charge on any atom is 0.347 e. The summed E-state index contributed by atoms with van der Waals surface area (Å²) in [5.74, 6) is -0.428. The van der Waals surface area contributed by atoms with E-state index in [0.29, 0.717) is 5.75 Å². The van der Waals surface area contributed by atoms with Crippen molar-refractivity contribution in [1.29, 1.82) is 0 Å². The van der Waals surface area contributed by atoms with Gasteiger partial charge in [0.05, 0.1) is 0 Å². The molecule has 0 saturated heterocycles. The van der Waals surface area contributed by atoms with E-state index in [-0.39, 0.29) is 10.8 Å². The van der Waals surface area contributed by atoms with Gasteiger partial charge in [-0.15, -0.1) is 11.6 Å². The Bertz CT molecular complexity index is 466. The van der Waals surface area contributed by atoms with Gasteiger partial charge in [0.2, 0.25) is 0 Å². The minimum absolute atomic E-state index is 0.0579. The number of ether oxygens (including phenoxy) is 1. The summed E-state index contributed by atoms with van der Waals surface area (Å²) in [7, 11) is 0. The highest BCUT2D eigenvalue weighted by Gasteiger charge is 2.50. The van der Waals surface area contributed by atoms with Crippen molar-refractivity contribution in [3.05, 3.63) is 29.8 Å². The van der Waals surface area contributed by atoms with Gasteiger partial charge in [0.15, 0.2) is 5.60 Å². The summed E-state index contributed by atoms with van der Waals surface area (Å²) >= 11 is 6.11. The second kappa shape index (κ2) is 4.16. The fraction of sp³-hybridized carbons (Fsp3) is 0.500. The average Bonchev–Trinajstić information content (AvgIpc) is 2.88. The van der Waals surface area contributed by atoms with Gasteiger partial charge in [0.1, 0.15) is 5.75 Å². The number of carboxylic acid groups (broad SMARTS) is 1. The van der Waals surface area contributed by atoms with E-state index in [4.69, 9.17) is 21.4 Å². The first kappa shape index (κ1) is 13.2. The van der Waals surface area contributed by atoms with Crippen LogP contribution in [-0.4, -0.2) is 22.1 Å². The lowest BCUT2D eigenvalue weighted by Gasteiger charge is -2.22. The molecule has 0 spiro atoms. The largest absolute Gasteiger partial charge is 0.478 e. The van der Waals surface area contributed by atoms with Crippen LogP contribution >= 0.6 is 11.6 Å². The molecule has 0 aliphatic heterocycles. The SMILES string of the molecule is CC(C)(Oc1ccc(C2(C)CC2Cl)cc1)C(=O)O. The molecule has 0 amide bonds. The lowest BCUT2D eigenvalue weighted by atomic mass is 9.98. The quantitative estimate of drug-likeness (QED) is 0.853. The number of hydrogen-bond donors (Lipinski definition) is 1. The molecule has 4 heteroatoms. The summed E-state index contributed by atoms with van der Waals surface area (Å²) in [4.78, 5) is 11.0. The van der Waals surface area contributed by atoms with Crippen LogP contribution in [0.25, 0.3) is 0 Å². The molecule has 2 atom stereocenters. The van der Waals surface area contributed by atoms with E-state index in [2.05, 4.69) is 6.92 Å². The Morgan fingerprint density at radius 2 is 1.94 bits per heavy atom. The van der Waals surface area contributed by atoms with Gasteiger partial charge in [0, 0.05) is 10.8 Å². The Balaban J connectivity index is 2.12. The van der Waals surface area contributed by atoms with E-state index >= 15 is 0 Å². The monoisotopic (exact) mass is 268 g/mol. The smallest absolute Gasteiger partial charge is 0.347 e. The number of hydrogen-bond acceptors (Lipinski definition) is 2. The summed E-state index contributed by atoms with van der Waals surface area (Å²) in [6, 6.07) is 7.51. The van der Waals surface area contributed by atoms with Crippen LogP contribution in [-0.2, 0) is 10.2 Å². The number of alkyl halides is 1. The summed E-state index contributed by atoms with van der Waals surface area (Å²) < 4.78 is 5.45. The summed E-state index contributed by atoms with van der Waals surface area (Å²) in [5, 5.41) is 9.18. The predicted molar refractivity (Wildman–Crippen MR) is 70.4 cm³/mol. The van der Waals surface area contributed by atoms with Gasteiger partial charge in [-0.1, -0.05) is 19.1 Å². The zero-order chi connectivity index (χ0) is 13.6. The van der Waals surface area contributed by atoms with Crippen LogP contribution in [0.2, 0.25) is 0 Å². The van der Waals surface area contributed by atoms with E-state index in [1.54, 1.807) is 12.1 Å². The van der Waals surface area contributed by atoms with Gasteiger partial charge in [-0.2, -0.15) is 0 Å². The Morgan fingerprint density at radius 3 is 2.33 bits per heavy atom. The van der Waals surface area contributed by atoms with Gasteiger partial charge in [0.25, 0.3) is 0 Å². The molecule has 1 aliphatic carbocycles. The molecule has 1 N–H and O–H groups in total. The van der Waals surface area contributed by atoms with Crippen molar-refractivity contribution >= 4 is 17.6 Å². The Labute approximate surface area is 112 Å². The standard InChI is InChI=1S/C14H17ClO3/c1-13(2,12(16)17)18-10-6-4-9(5-7-10)14(3)8-11(14)15/h4-7,11H,8H2,1-3H3,(H,16,17). The Kier molecular flexibility index (Phi) is 3.06. The van der Waals surface area contributed by atoms with Crippen molar-refractivity contribution in [2.45, 2.75) is 43.6 Å². The molecule has 0 heterocycles. The van der Waals surface area contributed by atoms with Crippen LogP contribution in [0.4, 0.5) is 0 Å². The van der Waals surface area contributed by atoms with E-state index in [9.17, 15) is 4.79 Å². The maximum absolute atomic E-state index is 11.0. The van der Waals surface area contributed by atoms with Crippen molar-refractivity contribution in [1.82, 2.24) is 0 Å². The highest BCUT2D eigenvalue weighted by Crippen LogP contribution is 2.51. The van der Waals surface area contributed by atoms with E-state index in [0.717, 1.165) is 6.42 Å².